The summed E-state index contributed by atoms with van der Waals surface area (Å²) in [5, 5.41) is 0. The highest BCUT2D eigenvalue weighted by Gasteiger charge is 2.36. The van der Waals surface area contributed by atoms with E-state index in [4.69, 9.17) is 4.74 Å². The second kappa shape index (κ2) is 8.87. The molecule has 4 nitrogen and oxygen atoms in total. The van der Waals surface area contributed by atoms with E-state index in [9.17, 15) is 13.2 Å². The van der Waals surface area contributed by atoms with E-state index in [-0.39, 0.29) is 12.6 Å². The van der Waals surface area contributed by atoms with Crippen molar-refractivity contribution in [3.05, 3.63) is 41.6 Å². The van der Waals surface area contributed by atoms with Crippen molar-refractivity contribution in [2.75, 3.05) is 18.1 Å². The smallest absolute Gasteiger partial charge is 0.423 e. The zero-order valence-corrected chi connectivity index (χ0v) is 15.3. The molecule has 0 saturated carbocycles. The molecular weight excluding hydrogens is 343 g/mol. The van der Waals surface area contributed by atoms with Crippen molar-refractivity contribution in [2.45, 2.75) is 46.2 Å². The first kappa shape index (κ1) is 20.0. The van der Waals surface area contributed by atoms with Gasteiger partial charge < -0.3 is 9.64 Å². The van der Waals surface area contributed by atoms with Crippen LogP contribution in [0.25, 0.3) is 0 Å². The molecule has 26 heavy (non-hydrogen) atoms. The summed E-state index contributed by atoms with van der Waals surface area (Å²) in [6.45, 7) is 6.61. The van der Waals surface area contributed by atoms with E-state index in [1.807, 2.05) is 38.1 Å². The van der Waals surface area contributed by atoms with Crippen molar-refractivity contribution in [3.8, 4) is 5.88 Å². The molecule has 2 rings (SSSR count). The maximum absolute atomic E-state index is 13.2. The van der Waals surface area contributed by atoms with Gasteiger partial charge in [-0.05, 0) is 37.5 Å². The average molecular weight is 367 g/mol. The average Bonchev–Trinajstić information content (AvgIpc) is 2.62. The largest absolute Gasteiger partial charge is 0.477 e. The molecule has 1 aromatic carbocycles. The highest BCUT2D eigenvalue weighted by atomic mass is 19.4. The van der Waals surface area contributed by atoms with Crippen LogP contribution < -0.4 is 9.64 Å². The minimum absolute atomic E-state index is 0.188. The van der Waals surface area contributed by atoms with Gasteiger partial charge in [-0.2, -0.15) is 18.2 Å². The van der Waals surface area contributed by atoms with Crippen LogP contribution in [0.3, 0.4) is 0 Å². The highest BCUT2D eigenvalue weighted by Crippen LogP contribution is 2.36. The predicted octanol–water partition coefficient (Wildman–Crippen LogP) is 5.39. The Balaban J connectivity index is 2.37. The third kappa shape index (κ3) is 4.86. The Kier molecular flexibility index (Phi) is 6.83. The standard InChI is InChI=1S/C19H24F3N3O/c1-4-7-12-26-17-16(19(20,21)22)13-23-18(24-17)25(6-3)15-10-8-14(5-2)9-11-15/h8-11,13H,4-7,12H2,1-3H3. The lowest BCUT2D eigenvalue weighted by Crippen LogP contribution is -2.21. The van der Waals surface area contributed by atoms with Crippen LogP contribution in [0.4, 0.5) is 24.8 Å². The fraction of sp³-hybridized carbons (Fsp3) is 0.474. The minimum Gasteiger partial charge on any atom is -0.477 e. The minimum atomic E-state index is -4.56. The van der Waals surface area contributed by atoms with E-state index in [1.165, 1.54) is 5.56 Å². The second-order valence-electron chi connectivity index (χ2n) is 5.85. The number of aromatic nitrogens is 2. The maximum atomic E-state index is 13.2. The molecule has 0 radical (unpaired) electrons. The highest BCUT2D eigenvalue weighted by molar-refractivity contribution is 5.58. The van der Waals surface area contributed by atoms with Crippen LogP contribution in [0.15, 0.2) is 30.5 Å². The molecule has 0 spiro atoms. The van der Waals surface area contributed by atoms with Gasteiger partial charge >= 0.3 is 6.18 Å². The first-order valence-electron chi connectivity index (χ1n) is 8.84. The maximum Gasteiger partial charge on any atom is 0.423 e. The molecule has 0 N–H and O–H groups in total. The number of unbranched alkanes of at least 4 members (excludes halogenated alkanes) is 1. The van der Waals surface area contributed by atoms with Crippen molar-refractivity contribution in [3.63, 3.8) is 0 Å². The van der Waals surface area contributed by atoms with Gasteiger partial charge in [-0.25, -0.2) is 4.98 Å². The first-order chi connectivity index (χ1) is 12.4. The summed E-state index contributed by atoms with van der Waals surface area (Å²) in [5.41, 5.74) is 1.06. The summed E-state index contributed by atoms with van der Waals surface area (Å²) in [7, 11) is 0. The monoisotopic (exact) mass is 367 g/mol. The molecule has 142 valence electrons. The number of hydrogen-bond donors (Lipinski definition) is 0. The third-order valence-corrected chi connectivity index (χ3v) is 4.00. The van der Waals surface area contributed by atoms with Crippen molar-refractivity contribution in [2.24, 2.45) is 0 Å². The van der Waals surface area contributed by atoms with Crippen molar-refractivity contribution in [1.82, 2.24) is 9.97 Å². The zero-order chi connectivity index (χ0) is 19.2. The van der Waals surface area contributed by atoms with E-state index < -0.39 is 17.6 Å². The lowest BCUT2D eigenvalue weighted by Gasteiger charge is -2.22. The Bertz CT molecular complexity index is 702. The molecule has 0 unspecified atom stereocenters. The van der Waals surface area contributed by atoms with Crippen LogP contribution >= 0.6 is 0 Å². The molecule has 0 aliphatic carbocycles. The van der Waals surface area contributed by atoms with Crippen LogP contribution in [0, 0.1) is 0 Å². The van der Waals surface area contributed by atoms with E-state index in [1.54, 1.807) is 4.90 Å². The SMILES string of the molecule is CCCCOc1nc(N(CC)c2ccc(CC)cc2)ncc1C(F)(F)F. The van der Waals surface area contributed by atoms with Crippen LogP contribution in [0.1, 0.15) is 44.7 Å². The van der Waals surface area contributed by atoms with Gasteiger partial charge in [0.2, 0.25) is 11.8 Å². The Hall–Kier alpha value is -2.31. The number of hydrogen-bond acceptors (Lipinski definition) is 4. The summed E-state index contributed by atoms with van der Waals surface area (Å²) < 4.78 is 44.9. The van der Waals surface area contributed by atoms with Crippen LogP contribution in [0.5, 0.6) is 5.88 Å². The molecule has 0 aliphatic rings. The third-order valence-electron chi connectivity index (χ3n) is 4.00. The number of nitrogens with zero attached hydrogens (tertiary/aromatic N) is 3. The quantitative estimate of drug-likeness (QED) is 0.586. The van der Waals surface area contributed by atoms with Crippen molar-refractivity contribution in [1.29, 1.82) is 0 Å². The molecule has 0 amide bonds. The summed E-state index contributed by atoms with van der Waals surface area (Å²) in [6.07, 6.45) is -1.36. The number of benzene rings is 1. The van der Waals surface area contributed by atoms with Gasteiger partial charge in [0.1, 0.15) is 5.56 Å². The van der Waals surface area contributed by atoms with E-state index in [2.05, 4.69) is 16.9 Å². The number of ether oxygens (including phenoxy) is 1. The first-order valence-corrected chi connectivity index (χ1v) is 8.84. The van der Waals surface area contributed by atoms with Crippen LogP contribution in [0.2, 0.25) is 0 Å². The fourth-order valence-corrected chi connectivity index (χ4v) is 2.46. The topological polar surface area (TPSA) is 38.2 Å². The lowest BCUT2D eigenvalue weighted by molar-refractivity contribution is -0.139. The normalized spacial score (nSPS) is 11.5. The molecule has 2 aromatic rings. The zero-order valence-electron chi connectivity index (χ0n) is 15.3. The van der Waals surface area contributed by atoms with Gasteiger partial charge in [0, 0.05) is 18.4 Å². The molecule has 0 aliphatic heterocycles. The summed E-state index contributed by atoms with van der Waals surface area (Å²) in [6, 6.07) is 7.81. The molecule has 0 saturated heterocycles. The predicted molar refractivity (Wildman–Crippen MR) is 95.9 cm³/mol. The van der Waals surface area contributed by atoms with Gasteiger partial charge in [-0.15, -0.1) is 0 Å². The molecule has 7 heteroatoms. The summed E-state index contributed by atoms with van der Waals surface area (Å²) in [4.78, 5) is 9.77. The van der Waals surface area contributed by atoms with Crippen LogP contribution in [-0.2, 0) is 12.6 Å². The molecular formula is C19H24F3N3O. The van der Waals surface area contributed by atoms with Gasteiger partial charge in [0.15, 0.2) is 0 Å². The van der Waals surface area contributed by atoms with E-state index >= 15 is 0 Å². The van der Waals surface area contributed by atoms with Gasteiger partial charge in [0.05, 0.1) is 6.61 Å². The number of alkyl halides is 3. The molecule has 0 fully saturated rings. The number of anilines is 2. The summed E-state index contributed by atoms with van der Waals surface area (Å²) in [5.74, 6) is -0.226. The second-order valence-corrected chi connectivity index (χ2v) is 5.85. The van der Waals surface area contributed by atoms with Gasteiger partial charge in [-0.3, -0.25) is 0 Å². The Morgan fingerprint density at radius 1 is 1.08 bits per heavy atom. The molecule has 1 heterocycles. The number of rotatable bonds is 8. The lowest BCUT2D eigenvalue weighted by atomic mass is 10.1. The number of aryl methyl sites for hydroxylation is 1. The fourth-order valence-electron chi connectivity index (χ4n) is 2.46. The van der Waals surface area contributed by atoms with Crippen molar-refractivity contribution < 1.29 is 17.9 Å². The summed E-state index contributed by atoms with van der Waals surface area (Å²) >= 11 is 0. The molecule has 1 aromatic heterocycles. The van der Waals surface area contributed by atoms with Gasteiger partial charge in [-0.1, -0.05) is 32.4 Å². The van der Waals surface area contributed by atoms with Crippen LogP contribution in [-0.4, -0.2) is 23.1 Å². The van der Waals surface area contributed by atoms with Gasteiger partial charge in [0.25, 0.3) is 0 Å². The molecule has 0 atom stereocenters. The molecule has 0 bridgehead atoms. The van der Waals surface area contributed by atoms with E-state index in [0.29, 0.717) is 13.0 Å². The Morgan fingerprint density at radius 2 is 1.77 bits per heavy atom. The Labute approximate surface area is 152 Å². The Morgan fingerprint density at radius 3 is 2.31 bits per heavy atom. The van der Waals surface area contributed by atoms with Crippen molar-refractivity contribution >= 4 is 11.6 Å². The number of halogens is 3. The van der Waals surface area contributed by atoms with E-state index in [0.717, 1.165) is 24.7 Å².